The third-order valence-corrected chi connectivity index (χ3v) is 3.39. The smallest absolute Gasteiger partial charge is 0.0961 e. The molecule has 0 saturated carbocycles. The molecule has 2 unspecified atom stereocenters. The molecule has 96 valence electrons. The van der Waals surface area contributed by atoms with Crippen molar-refractivity contribution < 1.29 is 9.84 Å². The lowest BCUT2D eigenvalue weighted by molar-refractivity contribution is -0.0968. The minimum Gasteiger partial charge on any atom is -0.390 e. The fraction of sp³-hybridized carbons (Fsp3) is 1.00. The van der Waals surface area contributed by atoms with Crippen molar-refractivity contribution in [2.24, 2.45) is 0 Å². The SMILES string of the molecule is CCCCCC(O)C1CN(C(C)C)CCO1. The van der Waals surface area contributed by atoms with Crippen LogP contribution < -0.4 is 0 Å². The average molecular weight is 229 g/mol. The van der Waals surface area contributed by atoms with Gasteiger partial charge >= 0.3 is 0 Å². The molecule has 0 bridgehead atoms. The van der Waals surface area contributed by atoms with E-state index in [0.717, 1.165) is 32.5 Å². The summed E-state index contributed by atoms with van der Waals surface area (Å²) in [4.78, 5) is 2.39. The summed E-state index contributed by atoms with van der Waals surface area (Å²) in [5.41, 5.74) is 0. The Bertz CT molecular complexity index is 185. The van der Waals surface area contributed by atoms with Gasteiger partial charge in [-0.25, -0.2) is 0 Å². The van der Waals surface area contributed by atoms with Crippen LogP contribution in [0.2, 0.25) is 0 Å². The van der Waals surface area contributed by atoms with Gasteiger partial charge in [0.05, 0.1) is 18.8 Å². The van der Waals surface area contributed by atoms with Crippen LogP contribution in [-0.4, -0.2) is 48.0 Å². The largest absolute Gasteiger partial charge is 0.390 e. The van der Waals surface area contributed by atoms with E-state index in [-0.39, 0.29) is 12.2 Å². The standard InChI is InChI=1S/C13H27NO2/c1-4-5-6-7-12(15)13-10-14(11(2)3)8-9-16-13/h11-13,15H,4-10H2,1-3H3. The van der Waals surface area contributed by atoms with Crippen LogP contribution in [0.4, 0.5) is 0 Å². The summed E-state index contributed by atoms with van der Waals surface area (Å²) < 4.78 is 5.66. The highest BCUT2D eigenvalue weighted by atomic mass is 16.5. The third kappa shape index (κ3) is 4.40. The fourth-order valence-electron chi connectivity index (χ4n) is 2.19. The molecule has 0 aromatic heterocycles. The van der Waals surface area contributed by atoms with Gasteiger partial charge in [0.1, 0.15) is 0 Å². The summed E-state index contributed by atoms with van der Waals surface area (Å²) in [6.45, 7) is 9.22. The van der Waals surface area contributed by atoms with Gasteiger partial charge in [0, 0.05) is 19.1 Å². The van der Waals surface area contributed by atoms with E-state index in [0.29, 0.717) is 6.04 Å². The van der Waals surface area contributed by atoms with E-state index in [2.05, 4.69) is 25.7 Å². The van der Waals surface area contributed by atoms with E-state index in [1.807, 2.05) is 0 Å². The first kappa shape index (κ1) is 13.9. The van der Waals surface area contributed by atoms with Crippen LogP contribution in [0.15, 0.2) is 0 Å². The van der Waals surface area contributed by atoms with Crippen LogP contribution in [-0.2, 0) is 4.74 Å². The van der Waals surface area contributed by atoms with Crippen LogP contribution in [0.1, 0.15) is 46.5 Å². The second-order valence-corrected chi connectivity index (χ2v) is 5.06. The van der Waals surface area contributed by atoms with Gasteiger partial charge in [-0.05, 0) is 20.3 Å². The molecule has 1 heterocycles. The monoisotopic (exact) mass is 229 g/mol. The van der Waals surface area contributed by atoms with E-state index in [4.69, 9.17) is 4.74 Å². The summed E-state index contributed by atoms with van der Waals surface area (Å²) in [5, 5.41) is 10.0. The van der Waals surface area contributed by atoms with Crippen molar-refractivity contribution in [2.45, 2.75) is 64.7 Å². The Morgan fingerprint density at radius 1 is 1.38 bits per heavy atom. The van der Waals surface area contributed by atoms with E-state index in [1.54, 1.807) is 0 Å². The number of ether oxygens (including phenoxy) is 1. The molecule has 1 aliphatic rings. The molecule has 1 rings (SSSR count). The Morgan fingerprint density at radius 2 is 2.12 bits per heavy atom. The fourth-order valence-corrected chi connectivity index (χ4v) is 2.19. The minimum absolute atomic E-state index is 0.0213. The molecule has 0 aliphatic carbocycles. The zero-order valence-electron chi connectivity index (χ0n) is 11.0. The van der Waals surface area contributed by atoms with E-state index in [9.17, 15) is 5.11 Å². The Morgan fingerprint density at radius 3 is 2.75 bits per heavy atom. The molecular formula is C13H27NO2. The van der Waals surface area contributed by atoms with E-state index >= 15 is 0 Å². The van der Waals surface area contributed by atoms with Crippen molar-refractivity contribution in [3.8, 4) is 0 Å². The van der Waals surface area contributed by atoms with Crippen LogP contribution in [0.25, 0.3) is 0 Å². The highest BCUT2D eigenvalue weighted by molar-refractivity contribution is 4.79. The first-order chi connectivity index (χ1) is 7.65. The second kappa shape index (κ2) is 7.25. The number of hydrogen-bond donors (Lipinski definition) is 1. The number of rotatable bonds is 6. The Kier molecular flexibility index (Phi) is 6.32. The molecule has 1 N–H and O–H groups in total. The molecule has 0 spiro atoms. The van der Waals surface area contributed by atoms with Gasteiger partial charge in [-0.1, -0.05) is 26.2 Å². The third-order valence-electron chi connectivity index (χ3n) is 3.39. The van der Waals surface area contributed by atoms with Crippen molar-refractivity contribution in [3.63, 3.8) is 0 Å². The zero-order chi connectivity index (χ0) is 12.0. The number of aliphatic hydroxyl groups is 1. The molecule has 3 heteroatoms. The van der Waals surface area contributed by atoms with Crippen LogP contribution in [0, 0.1) is 0 Å². The van der Waals surface area contributed by atoms with Crippen LogP contribution in [0.3, 0.4) is 0 Å². The highest BCUT2D eigenvalue weighted by Gasteiger charge is 2.27. The number of unbranched alkanes of at least 4 members (excludes halogenated alkanes) is 2. The van der Waals surface area contributed by atoms with Crippen molar-refractivity contribution in [1.82, 2.24) is 4.90 Å². The normalized spacial score (nSPS) is 24.9. The predicted octanol–water partition coefficient (Wildman–Crippen LogP) is 2.04. The summed E-state index contributed by atoms with van der Waals surface area (Å²) in [6.07, 6.45) is 4.14. The average Bonchev–Trinajstić information content (AvgIpc) is 2.29. The summed E-state index contributed by atoms with van der Waals surface area (Å²) >= 11 is 0. The van der Waals surface area contributed by atoms with Gasteiger partial charge in [-0.3, -0.25) is 4.90 Å². The Hall–Kier alpha value is -0.120. The van der Waals surface area contributed by atoms with Crippen molar-refractivity contribution in [2.75, 3.05) is 19.7 Å². The van der Waals surface area contributed by atoms with Crippen molar-refractivity contribution in [3.05, 3.63) is 0 Å². The topological polar surface area (TPSA) is 32.7 Å². The lowest BCUT2D eigenvalue weighted by atomic mass is 10.0. The van der Waals surface area contributed by atoms with Gasteiger partial charge in [0.25, 0.3) is 0 Å². The van der Waals surface area contributed by atoms with Gasteiger partial charge in [-0.15, -0.1) is 0 Å². The molecule has 1 saturated heterocycles. The maximum atomic E-state index is 10.0. The summed E-state index contributed by atoms with van der Waals surface area (Å²) in [6, 6.07) is 0.550. The lowest BCUT2D eigenvalue weighted by Crippen LogP contribution is -2.50. The molecule has 0 radical (unpaired) electrons. The molecule has 0 aromatic carbocycles. The Labute approximate surface area is 99.8 Å². The summed E-state index contributed by atoms with van der Waals surface area (Å²) in [5.74, 6) is 0. The lowest BCUT2D eigenvalue weighted by Gasteiger charge is -2.37. The zero-order valence-corrected chi connectivity index (χ0v) is 11.0. The Balaban J connectivity index is 2.29. The number of aliphatic hydroxyl groups excluding tert-OH is 1. The number of hydrogen-bond acceptors (Lipinski definition) is 3. The van der Waals surface area contributed by atoms with Gasteiger partial charge in [-0.2, -0.15) is 0 Å². The van der Waals surface area contributed by atoms with E-state index in [1.165, 1.54) is 12.8 Å². The molecule has 1 aliphatic heterocycles. The minimum atomic E-state index is -0.284. The quantitative estimate of drug-likeness (QED) is 0.707. The molecule has 3 nitrogen and oxygen atoms in total. The van der Waals surface area contributed by atoms with Crippen molar-refractivity contribution >= 4 is 0 Å². The van der Waals surface area contributed by atoms with Crippen LogP contribution in [0.5, 0.6) is 0 Å². The molecule has 0 aromatic rings. The van der Waals surface area contributed by atoms with Crippen molar-refractivity contribution in [1.29, 1.82) is 0 Å². The predicted molar refractivity (Wildman–Crippen MR) is 66.6 cm³/mol. The highest BCUT2D eigenvalue weighted by Crippen LogP contribution is 2.15. The van der Waals surface area contributed by atoms with E-state index < -0.39 is 0 Å². The second-order valence-electron chi connectivity index (χ2n) is 5.06. The molecule has 1 fully saturated rings. The first-order valence-electron chi connectivity index (χ1n) is 6.68. The summed E-state index contributed by atoms with van der Waals surface area (Å²) in [7, 11) is 0. The molecule has 2 atom stereocenters. The molecule has 16 heavy (non-hydrogen) atoms. The van der Waals surface area contributed by atoms with Gasteiger partial charge in [0.15, 0.2) is 0 Å². The van der Waals surface area contributed by atoms with Crippen LogP contribution >= 0.6 is 0 Å². The molecular weight excluding hydrogens is 202 g/mol. The maximum absolute atomic E-state index is 10.0. The maximum Gasteiger partial charge on any atom is 0.0961 e. The number of morpholine rings is 1. The van der Waals surface area contributed by atoms with Gasteiger partial charge < -0.3 is 9.84 Å². The number of nitrogens with zero attached hydrogens (tertiary/aromatic N) is 1. The first-order valence-corrected chi connectivity index (χ1v) is 6.68. The van der Waals surface area contributed by atoms with Gasteiger partial charge in [0.2, 0.25) is 0 Å². The molecule has 0 amide bonds.